The maximum absolute atomic E-state index is 12.2. The minimum atomic E-state index is -3.47. The summed E-state index contributed by atoms with van der Waals surface area (Å²) >= 11 is 5.79. The largest absolute Gasteiger partial charge is 0.398 e. The predicted octanol–water partition coefficient (Wildman–Crippen LogP) is 1.71. The van der Waals surface area contributed by atoms with E-state index in [0.717, 1.165) is 12.8 Å². The second kappa shape index (κ2) is 4.24. The van der Waals surface area contributed by atoms with Crippen LogP contribution in [0.1, 0.15) is 12.8 Å². The van der Waals surface area contributed by atoms with Crippen molar-refractivity contribution in [2.45, 2.75) is 17.7 Å². The predicted molar refractivity (Wildman–Crippen MR) is 63.9 cm³/mol. The van der Waals surface area contributed by atoms with Crippen molar-refractivity contribution >= 4 is 27.3 Å². The molecular weight excluding hydrogens is 248 g/mol. The molecule has 6 heteroatoms. The highest BCUT2D eigenvalue weighted by Crippen LogP contribution is 2.27. The highest BCUT2D eigenvalue weighted by molar-refractivity contribution is 7.89. The number of halogens is 1. The standard InChI is InChI=1S/C10H13ClN2O2S/c11-8-3-4-9(12)10(7-8)16(14,15)13-5-1-2-6-13/h3-4,7H,1-2,5-6,12H2. The van der Waals surface area contributed by atoms with E-state index in [1.54, 1.807) is 6.07 Å². The van der Waals surface area contributed by atoms with Gasteiger partial charge in [-0.15, -0.1) is 0 Å². The first-order valence-corrected chi connectivity index (χ1v) is 6.89. The van der Waals surface area contributed by atoms with Crippen molar-refractivity contribution in [3.05, 3.63) is 23.2 Å². The van der Waals surface area contributed by atoms with Crippen molar-refractivity contribution in [3.8, 4) is 0 Å². The van der Waals surface area contributed by atoms with Crippen LogP contribution in [0.4, 0.5) is 5.69 Å². The lowest BCUT2D eigenvalue weighted by Crippen LogP contribution is -2.28. The van der Waals surface area contributed by atoms with Gasteiger partial charge in [0.1, 0.15) is 4.90 Å². The van der Waals surface area contributed by atoms with E-state index in [-0.39, 0.29) is 10.6 Å². The number of nitrogen functional groups attached to an aromatic ring is 1. The molecule has 0 spiro atoms. The van der Waals surface area contributed by atoms with E-state index in [9.17, 15) is 8.42 Å². The zero-order chi connectivity index (χ0) is 11.8. The van der Waals surface area contributed by atoms with Crippen LogP contribution in [0.25, 0.3) is 0 Å². The van der Waals surface area contributed by atoms with Gasteiger partial charge in [-0.05, 0) is 31.0 Å². The lowest BCUT2D eigenvalue weighted by atomic mass is 10.3. The molecule has 4 nitrogen and oxygen atoms in total. The first-order valence-electron chi connectivity index (χ1n) is 5.07. The van der Waals surface area contributed by atoms with Crippen LogP contribution in [0.15, 0.2) is 23.1 Å². The monoisotopic (exact) mass is 260 g/mol. The average Bonchev–Trinajstić information content (AvgIpc) is 2.75. The van der Waals surface area contributed by atoms with Crippen molar-refractivity contribution < 1.29 is 8.42 Å². The van der Waals surface area contributed by atoms with Gasteiger partial charge in [0.15, 0.2) is 0 Å². The molecule has 16 heavy (non-hydrogen) atoms. The van der Waals surface area contributed by atoms with E-state index in [1.807, 2.05) is 0 Å². The molecule has 1 saturated heterocycles. The Labute approximate surface area is 100 Å². The summed E-state index contributed by atoms with van der Waals surface area (Å²) in [6.07, 6.45) is 1.80. The molecular formula is C10H13ClN2O2S. The normalized spacial score (nSPS) is 17.8. The van der Waals surface area contributed by atoms with Crippen molar-refractivity contribution in [1.29, 1.82) is 0 Å². The number of sulfonamides is 1. The Kier molecular flexibility index (Phi) is 3.10. The summed E-state index contributed by atoms with van der Waals surface area (Å²) in [6.45, 7) is 1.13. The van der Waals surface area contributed by atoms with Crippen LogP contribution >= 0.6 is 11.6 Å². The third-order valence-electron chi connectivity index (χ3n) is 2.66. The summed E-state index contributed by atoms with van der Waals surface area (Å²) in [5, 5.41) is 0.381. The van der Waals surface area contributed by atoms with Crippen LogP contribution in [0.3, 0.4) is 0 Å². The Balaban J connectivity index is 2.46. The van der Waals surface area contributed by atoms with Gasteiger partial charge in [-0.2, -0.15) is 4.31 Å². The number of rotatable bonds is 2. The van der Waals surface area contributed by atoms with Gasteiger partial charge in [0.05, 0.1) is 5.69 Å². The Morgan fingerprint density at radius 3 is 2.50 bits per heavy atom. The molecule has 2 rings (SSSR count). The second-order valence-electron chi connectivity index (χ2n) is 3.79. The van der Waals surface area contributed by atoms with Gasteiger partial charge in [-0.25, -0.2) is 8.42 Å². The minimum Gasteiger partial charge on any atom is -0.398 e. The Hall–Kier alpha value is -0.780. The van der Waals surface area contributed by atoms with Gasteiger partial charge >= 0.3 is 0 Å². The SMILES string of the molecule is Nc1ccc(Cl)cc1S(=O)(=O)N1CCCC1. The first-order chi connectivity index (χ1) is 7.51. The third-order valence-corrected chi connectivity index (χ3v) is 4.85. The summed E-state index contributed by atoms with van der Waals surface area (Å²) in [5.41, 5.74) is 5.93. The molecule has 1 fully saturated rings. The molecule has 0 unspecified atom stereocenters. The highest BCUT2D eigenvalue weighted by Gasteiger charge is 2.28. The van der Waals surface area contributed by atoms with Crippen LogP contribution in [-0.2, 0) is 10.0 Å². The third kappa shape index (κ3) is 2.03. The molecule has 2 N–H and O–H groups in total. The maximum atomic E-state index is 12.2. The molecule has 1 aliphatic heterocycles. The van der Waals surface area contributed by atoms with E-state index in [1.165, 1.54) is 16.4 Å². The summed E-state index contributed by atoms with van der Waals surface area (Å²) in [6, 6.07) is 4.51. The number of benzene rings is 1. The molecule has 1 heterocycles. The summed E-state index contributed by atoms with van der Waals surface area (Å²) in [4.78, 5) is 0.113. The lowest BCUT2D eigenvalue weighted by molar-refractivity contribution is 0.478. The molecule has 0 amide bonds. The number of hydrogen-bond acceptors (Lipinski definition) is 3. The number of hydrogen-bond donors (Lipinski definition) is 1. The van der Waals surface area contributed by atoms with Crippen LogP contribution in [-0.4, -0.2) is 25.8 Å². The second-order valence-corrected chi connectivity index (χ2v) is 6.14. The van der Waals surface area contributed by atoms with Crippen molar-refractivity contribution in [2.24, 2.45) is 0 Å². The molecule has 1 aliphatic rings. The van der Waals surface area contributed by atoms with Gasteiger partial charge in [0.25, 0.3) is 0 Å². The van der Waals surface area contributed by atoms with E-state index in [0.29, 0.717) is 18.1 Å². The van der Waals surface area contributed by atoms with Crippen LogP contribution in [0.5, 0.6) is 0 Å². The van der Waals surface area contributed by atoms with Gasteiger partial charge in [-0.1, -0.05) is 11.6 Å². The van der Waals surface area contributed by atoms with E-state index in [2.05, 4.69) is 0 Å². The van der Waals surface area contributed by atoms with Crippen LogP contribution in [0, 0.1) is 0 Å². The number of nitrogens with zero attached hydrogens (tertiary/aromatic N) is 1. The lowest BCUT2D eigenvalue weighted by Gasteiger charge is -2.16. The number of anilines is 1. The van der Waals surface area contributed by atoms with E-state index < -0.39 is 10.0 Å². The fourth-order valence-electron chi connectivity index (χ4n) is 1.80. The zero-order valence-corrected chi connectivity index (χ0v) is 10.3. The van der Waals surface area contributed by atoms with Crippen molar-refractivity contribution in [3.63, 3.8) is 0 Å². The van der Waals surface area contributed by atoms with Crippen molar-refractivity contribution in [2.75, 3.05) is 18.8 Å². The molecule has 1 aromatic rings. The topological polar surface area (TPSA) is 63.4 Å². The van der Waals surface area contributed by atoms with Crippen molar-refractivity contribution in [1.82, 2.24) is 4.31 Å². The summed E-state index contributed by atoms with van der Waals surface area (Å²) in [5.74, 6) is 0. The highest BCUT2D eigenvalue weighted by atomic mass is 35.5. The quantitative estimate of drug-likeness (QED) is 0.824. The fourth-order valence-corrected chi connectivity index (χ4v) is 3.69. The molecule has 0 aliphatic carbocycles. The number of nitrogens with two attached hydrogens (primary N) is 1. The van der Waals surface area contributed by atoms with Gasteiger partial charge in [0, 0.05) is 18.1 Å². The van der Waals surface area contributed by atoms with Gasteiger partial charge < -0.3 is 5.73 Å². The van der Waals surface area contributed by atoms with Crippen LogP contribution < -0.4 is 5.73 Å². The molecule has 88 valence electrons. The minimum absolute atomic E-state index is 0.113. The zero-order valence-electron chi connectivity index (χ0n) is 8.69. The molecule has 0 saturated carbocycles. The molecule has 0 radical (unpaired) electrons. The molecule has 0 bridgehead atoms. The Bertz CT molecular complexity index is 496. The smallest absolute Gasteiger partial charge is 0.245 e. The maximum Gasteiger partial charge on any atom is 0.245 e. The molecule has 0 aromatic heterocycles. The van der Waals surface area contributed by atoms with Gasteiger partial charge in [0.2, 0.25) is 10.0 Å². The Morgan fingerprint density at radius 1 is 1.25 bits per heavy atom. The summed E-state index contributed by atoms with van der Waals surface area (Å²) in [7, 11) is -3.47. The van der Waals surface area contributed by atoms with E-state index >= 15 is 0 Å². The molecule has 1 aromatic carbocycles. The van der Waals surface area contributed by atoms with Crippen LogP contribution in [0.2, 0.25) is 5.02 Å². The molecule has 0 atom stereocenters. The summed E-state index contributed by atoms with van der Waals surface area (Å²) < 4.78 is 25.8. The van der Waals surface area contributed by atoms with Gasteiger partial charge in [-0.3, -0.25) is 0 Å². The first kappa shape index (κ1) is 11.7. The Morgan fingerprint density at radius 2 is 1.88 bits per heavy atom. The van der Waals surface area contributed by atoms with E-state index in [4.69, 9.17) is 17.3 Å². The average molecular weight is 261 g/mol. The fraction of sp³-hybridized carbons (Fsp3) is 0.400.